The van der Waals surface area contributed by atoms with Crippen molar-refractivity contribution < 1.29 is 23.8 Å². The van der Waals surface area contributed by atoms with Gasteiger partial charge in [-0.1, -0.05) is 11.6 Å². The van der Waals surface area contributed by atoms with E-state index >= 15 is 0 Å². The molecule has 1 atom stereocenters. The molecule has 0 radical (unpaired) electrons. The summed E-state index contributed by atoms with van der Waals surface area (Å²) in [5.74, 6) is -0.776. The molecular formula is C16H17NO5. The van der Waals surface area contributed by atoms with E-state index in [1.165, 1.54) is 18.4 Å². The Kier molecular flexibility index (Phi) is 4.83. The first-order valence-corrected chi connectivity index (χ1v) is 6.77. The average molecular weight is 303 g/mol. The van der Waals surface area contributed by atoms with E-state index in [0.717, 1.165) is 5.56 Å². The van der Waals surface area contributed by atoms with Crippen LogP contribution in [-0.2, 0) is 9.53 Å². The van der Waals surface area contributed by atoms with Crippen LogP contribution in [0, 0.1) is 6.92 Å². The fourth-order valence-corrected chi connectivity index (χ4v) is 1.91. The Labute approximate surface area is 127 Å². The highest BCUT2D eigenvalue weighted by Gasteiger charge is 2.16. The smallest absolute Gasteiger partial charge is 0.342 e. The summed E-state index contributed by atoms with van der Waals surface area (Å²) in [4.78, 5) is 23.6. The topological polar surface area (TPSA) is 88.8 Å². The number of esters is 1. The van der Waals surface area contributed by atoms with E-state index in [1.54, 1.807) is 32.0 Å². The summed E-state index contributed by atoms with van der Waals surface area (Å²) in [5.41, 5.74) is 0.840. The molecule has 0 bridgehead atoms. The van der Waals surface area contributed by atoms with Crippen LogP contribution in [0.25, 0.3) is 0 Å². The number of carbonyl (C=O) groups is 2. The third kappa shape index (κ3) is 3.88. The first kappa shape index (κ1) is 15.6. The van der Waals surface area contributed by atoms with Gasteiger partial charge in [-0.05, 0) is 38.1 Å². The first-order valence-electron chi connectivity index (χ1n) is 6.77. The number of aryl methyl sites for hydroxylation is 1. The number of hydrogen-bond acceptors (Lipinski definition) is 5. The maximum Gasteiger partial charge on any atom is 0.342 e. The lowest BCUT2D eigenvalue weighted by Gasteiger charge is -2.12. The van der Waals surface area contributed by atoms with Crippen molar-refractivity contribution in [3.8, 4) is 5.75 Å². The van der Waals surface area contributed by atoms with E-state index in [9.17, 15) is 14.7 Å². The predicted octanol–water partition coefficient (Wildman–Crippen LogP) is 2.33. The molecule has 2 N–H and O–H groups in total. The molecule has 6 heteroatoms. The van der Waals surface area contributed by atoms with Crippen LogP contribution in [0.15, 0.2) is 41.0 Å². The fraction of sp³-hybridized carbons (Fsp3) is 0.250. The van der Waals surface area contributed by atoms with Gasteiger partial charge < -0.3 is 19.6 Å². The number of phenolic OH excluding ortho intramolecular Hbond substituents is 1. The highest BCUT2D eigenvalue weighted by Crippen LogP contribution is 2.19. The number of nitrogens with one attached hydrogen (secondary N) is 1. The standard InChI is InChI=1S/C16H17NO5/c1-10-5-6-13(18)12(8-10)16(20)22-9-15(19)17-11(2)14-4-3-7-21-14/h3-8,11,18H,9H2,1-2H3,(H,17,19)/t11-/m0/s1. The van der Waals surface area contributed by atoms with Gasteiger partial charge in [0.15, 0.2) is 6.61 Å². The normalized spacial score (nSPS) is 11.7. The number of benzene rings is 1. The van der Waals surface area contributed by atoms with Gasteiger partial charge in [-0.2, -0.15) is 0 Å². The number of rotatable bonds is 5. The molecule has 1 aromatic carbocycles. The van der Waals surface area contributed by atoms with Gasteiger partial charge in [-0.25, -0.2) is 4.79 Å². The largest absolute Gasteiger partial charge is 0.507 e. The van der Waals surface area contributed by atoms with Crippen LogP contribution in [-0.4, -0.2) is 23.6 Å². The monoisotopic (exact) mass is 303 g/mol. The Balaban J connectivity index is 1.88. The van der Waals surface area contributed by atoms with E-state index in [1.807, 2.05) is 0 Å². The molecule has 2 aromatic rings. The van der Waals surface area contributed by atoms with Crippen molar-refractivity contribution in [2.75, 3.05) is 6.61 Å². The van der Waals surface area contributed by atoms with Crippen molar-refractivity contribution in [3.05, 3.63) is 53.5 Å². The number of hydrogen-bond donors (Lipinski definition) is 2. The highest BCUT2D eigenvalue weighted by atomic mass is 16.5. The molecule has 0 spiro atoms. The molecule has 2 rings (SSSR count). The van der Waals surface area contributed by atoms with Crippen LogP contribution >= 0.6 is 0 Å². The van der Waals surface area contributed by atoms with Gasteiger partial charge in [-0.3, -0.25) is 4.79 Å². The van der Waals surface area contributed by atoms with E-state index < -0.39 is 18.5 Å². The second kappa shape index (κ2) is 6.80. The summed E-state index contributed by atoms with van der Waals surface area (Å²) in [7, 11) is 0. The maximum absolute atomic E-state index is 11.9. The number of aromatic hydroxyl groups is 1. The van der Waals surface area contributed by atoms with E-state index in [0.29, 0.717) is 5.76 Å². The van der Waals surface area contributed by atoms with Crippen molar-refractivity contribution in [1.82, 2.24) is 5.32 Å². The van der Waals surface area contributed by atoms with Gasteiger partial charge in [0, 0.05) is 0 Å². The molecule has 6 nitrogen and oxygen atoms in total. The minimum absolute atomic E-state index is 0.0342. The van der Waals surface area contributed by atoms with Crippen molar-refractivity contribution in [3.63, 3.8) is 0 Å². The number of phenols is 1. The lowest BCUT2D eigenvalue weighted by molar-refractivity contribution is -0.125. The molecule has 0 fully saturated rings. The van der Waals surface area contributed by atoms with Gasteiger partial charge in [0.25, 0.3) is 5.91 Å². The Morgan fingerprint density at radius 2 is 2.14 bits per heavy atom. The second-order valence-electron chi connectivity index (χ2n) is 4.90. The quantitative estimate of drug-likeness (QED) is 0.828. The van der Waals surface area contributed by atoms with E-state index in [2.05, 4.69) is 5.32 Å². The summed E-state index contributed by atoms with van der Waals surface area (Å²) in [6.07, 6.45) is 1.51. The van der Waals surface area contributed by atoms with Gasteiger partial charge in [0.2, 0.25) is 0 Å². The Morgan fingerprint density at radius 3 is 2.82 bits per heavy atom. The molecule has 22 heavy (non-hydrogen) atoms. The second-order valence-corrected chi connectivity index (χ2v) is 4.90. The summed E-state index contributed by atoms with van der Waals surface area (Å²) in [5, 5.41) is 12.3. The van der Waals surface area contributed by atoms with Crippen molar-refractivity contribution in [2.45, 2.75) is 19.9 Å². The van der Waals surface area contributed by atoms with E-state index in [4.69, 9.17) is 9.15 Å². The number of carbonyl (C=O) groups excluding carboxylic acids is 2. The van der Waals surface area contributed by atoms with Crippen LogP contribution in [0.5, 0.6) is 5.75 Å². The van der Waals surface area contributed by atoms with Crippen LogP contribution < -0.4 is 5.32 Å². The van der Waals surface area contributed by atoms with Crippen molar-refractivity contribution >= 4 is 11.9 Å². The summed E-state index contributed by atoms with van der Waals surface area (Å²) >= 11 is 0. The lowest BCUT2D eigenvalue weighted by atomic mass is 10.1. The zero-order valence-electron chi connectivity index (χ0n) is 12.3. The third-order valence-corrected chi connectivity index (χ3v) is 3.05. The van der Waals surface area contributed by atoms with Crippen LogP contribution in [0.3, 0.4) is 0 Å². The molecule has 0 unspecified atom stereocenters. The van der Waals surface area contributed by atoms with Crippen molar-refractivity contribution in [1.29, 1.82) is 0 Å². The number of ether oxygens (including phenoxy) is 1. The molecule has 0 saturated heterocycles. The molecule has 1 aromatic heterocycles. The minimum Gasteiger partial charge on any atom is -0.507 e. The molecule has 1 amide bonds. The number of furan rings is 1. The zero-order valence-corrected chi connectivity index (χ0v) is 12.3. The summed E-state index contributed by atoms with van der Waals surface area (Å²) < 4.78 is 10.1. The molecule has 0 aliphatic carbocycles. The third-order valence-electron chi connectivity index (χ3n) is 3.05. The van der Waals surface area contributed by atoms with Gasteiger partial charge >= 0.3 is 5.97 Å². The van der Waals surface area contributed by atoms with Gasteiger partial charge in [-0.15, -0.1) is 0 Å². The molecule has 1 heterocycles. The average Bonchev–Trinajstić information content (AvgIpc) is 3.01. The zero-order chi connectivity index (χ0) is 16.1. The fourth-order valence-electron chi connectivity index (χ4n) is 1.91. The minimum atomic E-state index is -0.748. The molecule has 0 aliphatic heterocycles. The lowest BCUT2D eigenvalue weighted by Crippen LogP contribution is -2.31. The number of amides is 1. The van der Waals surface area contributed by atoms with E-state index in [-0.39, 0.29) is 17.4 Å². The van der Waals surface area contributed by atoms with Crippen LogP contribution in [0.4, 0.5) is 0 Å². The molecule has 0 saturated carbocycles. The Hall–Kier alpha value is -2.76. The predicted molar refractivity (Wildman–Crippen MR) is 78.4 cm³/mol. The van der Waals surface area contributed by atoms with Crippen LogP contribution in [0.1, 0.15) is 34.6 Å². The van der Waals surface area contributed by atoms with Crippen molar-refractivity contribution in [2.24, 2.45) is 0 Å². The summed E-state index contributed by atoms with van der Waals surface area (Å²) in [6.45, 7) is 3.11. The Bertz CT molecular complexity index is 663. The van der Waals surface area contributed by atoms with Crippen LogP contribution in [0.2, 0.25) is 0 Å². The molecular weight excluding hydrogens is 286 g/mol. The first-order chi connectivity index (χ1) is 10.5. The Morgan fingerprint density at radius 1 is 1.36 bits per heavy atom. The highest BCUT2D eigenvalue weighted by molar-refractivity contribution is 5.94. The molecule has 0 aliphatic rings. The van der Waals surface area contributed by atoms with Gasteiger partial charge in [0.05, 0.1) is 12.3 Å². The molecule has 116 valence electrons. The SMILES string of the molecule is Cc1ccc(O)c(C(=O)OCC(=O)N[C@@H](C)c2ccco2)c1. The maximum atomic E-state index is 11.9. The van der Waals surface area contributed by atoms with Gasteiger partial charge in [0.1, 0.15) is 17.1 Å². The summed E-state index contributed by atoms with van der Waals surface area (Å²) in [6, 6.07) is 7.71.